The Kier molecular flexibility index (Phi) is 3.99. The van der Waals surface area contributed by atoms with Crippen LogP contribution in [0.2, 0.25) is 10.0 Å². The van der Waals surface area contributed by atoms with Gasteiger partial charge in [-0.2, -0.15) is 0 Å². The molecule has 19 heavy (non-hydrogen) atoms. The van der Waals surface area contributed by atoms with Crippen molar-refractivity contribution < 1.29 is 8.42 Å². The molecule has 0 unspecified atom stereocenters. The van der Waals surface area contributed by atoms with Crippen LogP contribution in [0.3, 0.4) is 0 Å². The van der Waals surface area contributed by atoms with E-state index in [0.29, 0.717) is 5.02 Å². The van der Waals surface area contributed by atoms with E-state index in [4.69, 9.17) is 23.2 Å². The highest BCUT2D eigenvalue weighted by molar-refractivity contribution is 7.92. The first-order chi connectivity index (χ1) is 8.88. The summed E-state index contributed by atoms with van der Waals surface area (Å²) in [6.45, 7) is 1.86. The number of hydrogen-bond acceptors (Lipinski definition) is 3. The molecular weight excluding hydrogens is 307 g/mol. The fraction of sp³-hybridized carbons (Fsp3) is 0.0833. The molecule has 2 aromatic rings. The summed E-state index contributed by atoms with van der Waals surface area (Å²) in [6, 6.07) is 7.57. The van der Waals surface area contributed by atoms with E-state index >= 15 is 0 Å². The fourth-order valence-electron chi connectivity index (χ4n) is 1.40. The van der Waals surface area contributed by atoms with Crippen LogP contribution in [0.25, 0.3) is 0 Å². The highest BCUT2D eigenvalue weighted by Gasteiger charge is 2.18. The van der Waals surface area contributed by atoms with E-state index < -0.39 is 10.0 Å². The molecule has 1 heterocycles. The topological polar surface area (TPSA) is 59.1 Å². The van der Waals surface area contributed by atoms with E-state index in [1.807, 2.05) is 6.92 Å². The number of hydrogen-bond donors (Lipinski definition) is 1. The van der Waals surface area contributed by atoms with Crippen LogP contribution in [0.5, 0.6) is 0 Å². The summed E-state index contributed by atoms with van der Waals surface area (Å²) in [5.74, 6) is 0.224. The number of aryl methyl sites for hydroxylation is 1. The molecule has 0 aliphatic heterocycles. The van der Waals surface area contributed by atoms with Crippen LogP contribution >= 0.6 is 23.2 Å². The second-order valence-corrected chi connectivity index (χ2v) is 6.40. The van der Waals surface area contributed by atoms with Gasteiger partial charge in [0.1, 0.15) is 10.7 Å². The summed E-state index contributed by atoms with van der Waals surface area (Å²) >= 11 is 11.7. The molecule has 0 amide bonds. The first kappa shape index (κ1) is 14.1. The van der Waals surface area contributed by atoms with Gasteiger partial charge in [-0.3, -0.25) is 4.72 Å². The van der Waals surface area contributed by atoms with Crippen LogP contribution in [0.1, 0.15) is 5.56 Å². The minimum absolute atomic E-state index is 0.0796. The predicted octanol–water partition coefficient (Wildman–Crippen LogP) is 3.50. The van der Waals surface area contributed by atoms with Crippen molar-refractivity contribution in [2.45, 2.75) is 11.8 Å². The van der Waals surface area contributed by atoms with Crippen molar-refractivity contribution in [2.24, 2.45) is 0 Å². The molecule has 0 aliphatic carbocycles. The van der Waals surface area contributed by atoms with Crippen LogP contribution < -0.4 is 4.72 Å². The average molecular weight is 317 g/mol. The third kappa shape index (κ3) is 3.37. The molecule has 0 spiro atoms. The number of sulfonamides is 1. The lowest BCUT2D eigenvalue weighted by molar-refractivity contribution is 0.601. The zero-order valence-corrected chi connectivity index (χ0v) is 12.2. The Morgan fingerprint density at radius 2 is 1.89 bits per heavy atom. The molecule has 0 fully saturated rings. The lowest BCUT2D eigenvalue weighted by Gasteiger charge is -2.09. The van der Waals surface area contributed by atoms with Gasteiger partial charge in [-0.05, 0) is 36.8 Å². The summed E-state index contributed by atoms with van der Waals surface area (Å²) < 4.78 is 26.7. The second-order valence-electron chi connectivity index (χ2n) is 3.90. The maximum absolute atomic E-state index is 12.2. The standard InChI is InChI=1S/C12H10Cl2N2O2S/c1-8-2-5-12(15-7-8)16-19(17,18)11-6-9(13)3-4-10(11)14/h2-7H,1H3,(H,15,16). The molecule has 2 rings (SSSR count). The Morgan fingerprint density at radius 1 is 1.16 bits per heavy atom. The second kappa shape index (κ2) is 5.36. The Morgan fingerprint density at radius 3 is 2.53 bits per heavy atom. The van der Waals surface area contributed by atoms with E-state index in [-0.39, 0.29) is 15.7 Å². The van der Waals surface area contributed by atoms with Gasteiger partial charge in [0.15, 0.2) is 0 Å². The van der Waals surface area contributed by atoms with Crippen molar-refractivity contribution in [3.63, 3.8) is 0 Å². The Bertz CT molecular complexity index is 700. The number of nitrogens with one attached hydrogen (secondary N) is 1. The van der Waals surface area contributed by atoms with Crippen molar-refractivity contribution >= 4 is 39.0 Å². The van der Waals surface area contributed by atoms with Gasteiger partial charge in [-0.25, -0.2) is 13.4 Å². The SMILES string of the molecule is Cc1ccc(NS(=O)(=O)c2cc(Cl)ccc2Cl)nc1. The molecule has 7 heteroatoms. The number of pyridine rings is 1. The fourth-order valence-corrected chi connectivity index (χ4v) is 3.18. The van der Waals surface area contributed by atoms with Gasteiger partial charge >= 0.3 is 0 Å². The Hall–Kier alpha value is -1.30. The highest BCUT2D eigenvalue weighted by atomic mass is 35.5. The molecule has 0 saturated heterocycles. The number of halogens is 2. The average Bonchev–Trinajstić information content (AvgIpc) is 2.35. The van der Waals surface area contributed by atoms with Crippen LogP contribution in [0.15, 0.2) is 41.4 Å². The maximum Gasteiger partial charge on any atom is 0.264 e. The molecule has 0 bridgehead atoms. The normalized spacial score (nSPS) is 11.3. The van der Waals surface area contributed by atoms with E-state index in [9.17, 15) is 8.42 Å². The summed E-state index contributed by atoms with van der Waals surface area (Å²) in [5, 5.41) is 0.394. The van der Waals surface area contributed by atoms with Crippen molar-refractivity contribution in [3.05, 3.63) is 52.1 Å². The number of aromatic nitrogens is 1. The lowest BCUT2D eigenvalue weighted by Crippen LogP contribution is -2.14. The molecule has 0 saturated carbocycles. The summed E-state index contributed by atoms with van der Waals surface area (Å²) in [7, 11) is -3.81. The Balaban J connectivity index is 2.37. The van der Waals surface area contributed by atoms with E-state index in [1.165, 1.54) is 18.2 Å². The van der Waals surface area contributed by atoms with E-state index in [1.54, 1.807) is 18.3 Å². The lowest BCUT2D eigenvalue weighted by atomic mass is 10.3. The summed E-state index contributed by atoms with van der Waals surface area (Å²) in [6.07, 6.45) is 1.57. The zero-order chi connectivity index (χ0) is 14.0. The van der Waals surface area contributed by atoms with E-state index in [2.05, 4.69) is 9.71 Å². The monoisotopic (exact) mass is 316 g/mol. The smallest absolute Gasteiger partial charge is 0.263 e. The molecule has 0 aliphatic rings. The zero-order valence-electron chi connectivity index (χ0n) is 9.89. The summed E-state index contributed by atoms with van der Waals surface area (Å²) in [5.41, 5.74) is 0.934. The third-order valence-electron chi connectivity index (χ3n) is 2.33. The number of benzene rings is 1. The Labute approximate surface area is 121 Å². The largest absolute Gasteiger partial charge is 0.264 e. The van der Waals surface area contributed by atoms with Crippen LogP contribution in [-0.2, 0) is 10.0 Å². The van der Waals surface area contributed by atoms with Crippen LogP contribution in [0.4, 0.5) is 5.82 Å². The van der Waals surface area contributed by atoms with E-state index in [0.717, 1.165) is 5.56 Å². The van der Waals surface area contributed by atoms with Crippen molar-refractivity contribution in [1.29, 1.82) is 0 Å². The van der Waals surface area contributed by atoms with Gasteiger partial charge < -0.3 is 0 Å². The van der Waals surface area contributed by atoms with Crippen LogP contribution in [-0.4, -0.2) is 13.4 Å². The van der Waals surface area contributed by atoms with Gasteiger partial charge in [0.05, 0.1) is 5.02 Å². The van der Waals surface area contributed by atoms with Crippen molar-refractivity contribution in [1.82, 2.24) is 4.98 Å². The highest BCUT2D eigenvalue weighted by Crippen LogP contribution is 2.26. The van der Waals surface area contributed by atoms with Gasteiger partial charge in [0.25, 0.3) is 10.0 Å². The molecule has 4 nitrogen and oxygen atoms in total. The molecule has 0 radical (unpaired) electrons. The maximum atomic E-state index is 12.2. The van der Waals surface area contributed by atoms with Crippen LogP contribution in [0, 0.1) is 6.92 Å². The summed E-state index contributed by atoms with van der Waals surface area (Å²) in [4.78, 5) is 3.90. The molecule has 1 N–H and O–H groups in total. The van der Waals surface area contributed by atoms with Gasteiger partial charge in [0, 0.05) is 11.2 Å². The van der Waals surface area contributed by atoms with Crippen molar-refractivity contribution in [3.8, 4) is 0 Å². The number of anilines is 1. The molecule has 1 aromatic heterocycles. The number of rotatable bonds is 3. The number of nitrogens with zero attached hydrogens (tertiary/aromatic N) is 1. The first-order valence-electron chi connectivity index (χ1n) is 5.29. The van der Waals surface area contributed by atoms with Gasteiger partial charge in [0.2, 0.25) is 0 Å². The predicted molar refractivity (Wildman–Crippen MR) is 76.2 cm³/mol. The van der Waals surface area contributed by atoms with Crippen molar-refractivity contribution in [2.75, 3.05) is 4.72 Å². The molecule has 1 aromatic carbocycles. The minimum Gasteiger partial charge on any atom is -0.263 e. The minimum atomic E-state index is -3.81. The first-order valence-corrected chi connectivity index (χ1v) is 7.53. The third-order valence-corrected chi connectivity index (χ3v) is 4.40. The quantitative estimate of drug-likeness (QED) is 0.942. The molecule has 0 atom stereocenters. The molecule has 100 valence electrons. The molecular formula is C12H10Cl2N2O2S. The van der Waals surface area contributed by atoms with Gasteiger partial charge in [-0.1, -0.05) is 29.3 Å². The van der Waals surface area contributed by atoms with Gasteiger partial charge in [-0.15, -0.1) is 0 Å².